The van der Waals surface area contributed by atoms with E-state index in [1.807, 2.05) is 24.3 Å². The van der Waals surface area contributed by atoms with Gasteiger partial charge in [0, 0.05) is 5.69 Å². The molecule has 1 heterocycles. The monoisotopic (exact) mass is 301 g/mol. The second kappa shape index (κ2) is 5.47. The largest absolute Gasteiger partial charge is 0.453 e. The molecule has 0 radical (unpaired) electrons. The third kappa shape index (κ3) is 2.27. The molecule has 23 heavy (non-hydrogen) atoms. The molecule has 3 aromatic rings. The Labute approximate surface area is 137 Å². The van der Waals surface area contributed by atoms with Crippen molar-refractivity contribution in [3.63, 3.8) is 0 Å². The van der Waals surface area contributed by atoms with E-state index in [2.05, 4.69) is 67.3 Å². The van der Waals surface area contributed by atoms with Gasteiger partial charge in [-0.1, -0.05) is 56.3 Å². The van der Waals surface area contributed by atoms with E-state index in [1.165, 1.54) is 11.3 Å². The van der Waals surface area contributed by atoms with Crippen molar-refractivity contribution in [2.75, 3.05) is 4.90 Å². The number of fused-ring (bicyclic) bond motifs is 2. The van der Waals surface area contributed by atoms with Crippen molar-refractivity contribution in [1.29, 1.82) is 0 Å². The lowest BCUT2D eigenvalue weighted by Crippen LogP contribution is -2.17. The van der Waals surface area contributed by atoms with Gasteiger partial charge in [0.1, 0.15) is 0 Å². The molecule has 114 valence electrons. The minimum absolute atomic E-state index is 0.452. The Morgan fingerprint density at radius 1 is 0.652 bits per heavy atom. The molecule has 0 spiro atoms. The number of ether oxygens (including phenoxy) is 1. The fourth-order valence-corrected chi connectivity index (χ4v) is 3.14. The Morgan fingerprint density at radius 2 is 1.13 bits per heavy atom. The zero-order chi connectivity index (χ0) is 15.8. The molecule has 0 fully saturated rings. The van der Waals surface area contributed by atoms with Crippen molar-refractivity contribution in [1.82, 2.24) is 0 Å². The first-order valence-electron chi connectivity index (χ1n) is 8.00. The number of nitrogens with zero attached hydrogens (tertiary/aromatic N) is 1. The van der Waals surface area contributed by atoms with E-state index in [0.717, 1.165) is 22.9 Å². The first-order valence-corrected chi connectivity index (χ1v) is 8.00. The van der Waals surface area contributed by atoms with Crippen molar-refractivity contribution >= 4 is 17.1 Å². The van der Waals surface area contributed by atoms with Crippen LogP contribution in [0.25, 0.3) is 0 Å². The van der Waals surface area contributed by atoms with Gasteiger partial charge in [0.25, 0.3) is 0 Å². The summed E-state index contributed by atoms with van der Waals surface area (Å²) < 4.78 is 6.09. The topological polar surface area (TPSA) is 12.5 Å². The lowest BCUT2D eigenvalue weighted by molar-refractivity contribution is 0.477. The smallest absolute Gasteiger partial charge is 0.151 e. The van der Waals surface area contributed by atoms with Crippen LogP contribution in [0.2, 0.25) is 0 Å². The zero-order valence-corrected chi connectivity index (χ0v) is 13.4. The van der Waals surface area contributed by atoms with Crippen LogP contribution in [0.3, 0.4) is 0 Å². The number of hydrogen-bond donors (Lipinski definition) is 0. The number of hydrogen-bond acceptors (Lipinski definition) is 2. The van der Waals surface area contributed by atoms with Gasteiger partial charge in [-0.3, -0.25) is 0 Å². The molecule has 4 rings (SSSR count). The Kier molecular flexibility index (Phi) is 3.30. The van der Waals surface area contributed by atoms with Crippen molar-refractivity contribution in [3.8, 4) is 11.5 Å². The van der Waals surface area contributed by atoms with E-state index in [1.54, 1.807) is 0 Å². The highest BCUT2D eigenvalue weighted by Crippen LogP contribution is 2.51. The third-order valence-electron chi connectivity index (χ3n) is 4.23. The van der Waals surface area contributed by atoms with Crippen LogP contribution in [0.15, 0.2) is 72.8 Å². The Morgan fingerprint density at radius 3 is 1.70 bits per heavy atom. The highest BCUT2D eigenvalue weighted by molar-refractivity contribution is 5.87. The summed E-state index contributed by atoms with van der Waals surface area (Å²) in [5.74, 6) is 2.24. The number of anilines is 3. The maximum Gasteiger partial charge on any atom is 0.151 e. The van der Waals surface area contributed by atoms with Gasteiger partial charge >= 0.3 is 0 Å². The summed E-state index contributed by atoms with van der Waals surface area (Å²) in [6.07, 6.45) is 0. The van der Waals surface area contributed by atoms with Crippen molar-refractivity contribution < 1.29 is 4.74 Å². The van der Waals surface area contributed by atoms with Gasteiger partial charge < -0.3 is 9.64 Å². The summed E-state index contributed by atoms with van der Waals surface area (Å²) in [5, 5.41) is 0. The van der Waals surface area contributed by atoms with E-state index in [9.17, 15) is 0 Å². The molecule has 0 saturated heterocycles. The summed E-state index contributed by atoms with van der Waals surface area (Å²) in [5.41, 5.74) is 4.71. The molecule has 0 bridgehead atoms. The van der Waals surface area contributed by atoms with Crippen LogP contribution in [-0.2, 0) is 0 Å². The van der Waals surface area contributed by atoms with Crippen LogP contribution in [0.5, 0.6) is 11.5 Å². The Bertz CT molecular complexity index is 808. The molecule has 3 aromatic carbocycles. The van der Waals surface area contributed by atoms with Crippen molar-refractivity contribution in [3.05, 3.63) is 78.4 Å². The predicted molar refractivity (Wildman–Crippen MR) is 95.3 cm³/mol. The quantitative estimate of drug-likeness (QED) is 0.425. The lowest BCUT2D eigenvalue weighted by atomic mass is 9.99. The van der Waals surface area contributed by atoms with Gasteiger partial charge in [-0.25, -0.2) is 0 Å². The molecule has 0 aliphatic carbocycles. The van der Waals surface area contributed by atoms with Gasteiger partial charge in [-0.15, -0.1) is 0 Å². The van der Waals surface area contributed by atoms with Gasteiger partial charge in [0.05, 0.1) is 11.4 Å². The van der Waals surface area contributed by atoms with Gasteiger partial charge in [0.2, 0.25) is 0 Å². The minimum atomic E-state index is 0.452. The number of rotatable bonds is 2. The van der Waals surface area contributed by atoms with Gasteiger partial charge in [-0.05, 0) is 41.8 Å². The van der Waals surface area contributed by atoms with Crippen LogP contribution in [0.4, 0.5) is 17.1 Å². The highest BCUT2D eigenvalue weighted by atomic mass is 16.5. The van der Waals surface area contributed by atoms with E-state index in [0.29, 0.717) is 5.92 Å². The second-order valence-corrected chi connectivity index (χ2v) is 6.09. The third-order valence-corrected chi connectivity index (χ3v) is 4.23. The number of benzene rings is 3. The molecule has 0 unspecified atom stereocenters. The van der Waals surface area contributed by atoms with Crippen molar-refractivity contribution in [2.45, 2.75) is 19.8 Å². The van der Waals surface area contributed by atoms with Crippen LogP contribution < -0.4 is 9.64 Å². The van der Waals surface area contributed by atoms with Crippen LogP contribution >= 0.6 is 0 Å². The number of para-hydroxylation sites is 5. The summed E-state index contributed by atoms with van der Waals surface area (Å²) in [6.45, 7) is 4.47. The standard InChI is InChI=1S/C21H19NO/c1-15(2)16-9-3-4-10-17(16)22-18-11-5-7-13-20(18)23-21-14-8-6-12-19(21)22/h3-15H,1-2H3. The predicted octanol–water partition coefficient (Wildman–Crippen LogP) is 6.39. The molecule has 2 nitrogen and oxygen atoms in total. The van der Waals surface area contributed by atoms with E-state index < -0.39 is 0 Å². The average Bonchev–Trinajstić information content (AvgIpc) is 2.59. The summed E-state index contributed by atoms with van der Waals surface area (Å²) >= 11 is 0. The molecule has 0 N–H and O–H groups in total. The SMILES string of the molecule is CC(C)c1ccccc1N1c2ccccc2Oc2ccccc21. The summed E-state index contributed by atoms with van der Waals surface area (Å²) in [6, 6.07) is 25.0. The first kappa shape index (κ1) is 13.9. The first-order chi connectivity index (χ1) is 11.3. The van der Waals surface area contributed by atoms with E-state index in [4.69, 9.17) is 4.74 Å². The second-order valence-electron chi connectivity index (χ2n) is 6.09. The van der Waals surface area contributed by atoms with Crippen LogP contribution in [-0.4, -0.2) is 0 Å². The molecule has 1 aliphatic heterocycles. The molecule has 1 aliphatic rings. The molecular formula is C21H19NO. The molecule has 0 atom stereocenters. The molecule has 2 heteroatoms. The molecular weight excluding hydrogens is 282 g/mol. The average molecular weight is 301 g/mol. The fraction of sp³-hybridized carbons (Fsp3) is 0.143. The van der Waals surface area contributed by atoms with Crippen molar-refractivity contribution in [2.24, 2.45) is 0 Å². The fourth-order valence-electron chi connectivity index (χ4n) is 3.14. The maximum atomic E-state index is 6.09. The molecule has 0 aromatic heterocycles. The maximum absolute atomic E-state index is 6.09. The van der Waals surface area contributed by atoms with Crippen LogP contribution in [0, 0.1) is 0 Å². The Hall–Kier alpha value is -2.74. The summed E-state index contributed by atoms with van der Waals surface area (Å²) in [4.78, 5) is 2.31. The van der Waals surface area contributed by atoms with Crippen LogP contribution in [0.1, 0.15) is 25.3 Å². The minimum Gasteiger partial charge on any atom is -0.453 e. The van der Waals surface area contributed by atoms with Gasteiger partial charge in [-0.2, -0.15) is 0 Å². The zero-order valence-electron chi connectivity index (χ0n) is 13.4. The van der Waals surface area contributed by atoms with Gasteiger partial charge in [0.15, 0.2) is 11.5 Å². The summed E-state index contributed by atoms with van der Waals surface area (Å²) in [7, 11) is 0. The highest BCUT2D eigenvalue weighted by Gasteiger charge is 2.26. The Balaban J connectivity index is 1.99. The molecule has 0 amide bonds. The normalized spacial score (nSPS) is 12.6. The van der Waals surface area contributed by atoms with E-state index in [-0.39, 0.29) is 0 Å². The molecule has 0 saturated carbocycles. The van der Waals surface area contributed by atoms with E-state index >= 15 is 0 Å². The lowest BCUT2D eigenvalue weighted by Gasteiger charge is -2.34.